The van der Waals surface area contributed by atoms with Gasteiger partial charge in [-0.3, -0.25) is 9.59 Å². The number of nitrogens with two attached hydrogens (primary N) is 1. The van der Waals surface area contributed by atoms with E-state index in [1.165, 1.54) is 19.2 Å². The first kappa shape index (κ1) is 20.0. The number of benzene rings is 2. The van der Waals surface area contributed by atoms with Crippen molar-refractivity contribution in [3.8, 4) is 5.75 Å². The topological polar surface area (TPSA) is 134 Å². The average Bonchev–Trinajstić information content (AvgIpc) is 2.74. The zero-order valence-corrected chi connectivity index (χ0v) is 15.6. The van der Waals surface area contributed by atoms with E-state index in [0.29, 0.717) is 16.7 Å². The largest absolute Gasteiger partial charge is 0.491 e. The molecule has 0 aliphatic rings. The standard InChI is InChI=1S/C20H19N3O6/c1-28-20(27)12-6-8-14(9-7-12)29-11-13(24)10-23-19(26)16-5-3-2-4-15(16)17(22-23)18(21)25/h2-9,13,24H,10-11H2,1H3,(H2,21,25)/t13-/m1/s1. The van der Waals surface area contributed by atoms with Crippen molar-refractivity contribution in [3.05, 3.63) is 70.1 Å². The van der Waals surface area contributed by atoms with Crippen LogP contribution in [0, 0.1) is 0 Å². The van der Waals surface area contributed by atoms with E-state index in [-0.39, 0.29) is 24.2 Å². The van der Waals surface area contributed by atoms with Gasteiger partial charge in [-0.2, -0.15) is 5.10 Å². The fourth-order valence-electron chi connectivity index (χ4n) is 2.79. The highest BCUT2D eigenvalue weighted by Crippen LogP contribution is 2.14. The molecule has 150 valence electrons. The molecule has 0 aliphatic heterocycles. The molecule has 29 heavy (non-hydrogen) atoms. The van der Waals surface area contributed by atoms with Crippen LogP contribution in [-0.2, 0) is 11.3 Å². The maximum absolute atomic E-state index is 12.6. The van der Waals surface area contributed by atoms with Crippen LogP contribution in [0.1, 0.15) is 20.8 Å². The lowest BCUT2D eigenvalue weighted by Gasteiger charge is -2.15. The highest BCUT2D eigenvalue weighted by molar-refractivity contribution is 6.03. The van der Waals surface area contributed by atoms with E-state index >= 15 is 0 Å². The number of ether oxygens (including phenoxy) is 2. The van der Waals surface area contributed by atoms with Crippen LogP contribution in [0.3, 0.4) is 0 Å². The van der Waals surface area contributed by atoms with E-state index in [2.05, 4.69) is 9.84 Å². The molecule has 9 nitrogen and oxygen atoms in total. The molecule has 1 heterocycles. The fourth-order valence-corrected chi connectivity index (χ4v) is 2.79. The van der Waals surface area contributed by atoms with Gasteiger partial charge in [-0.1, -0.05) is 18.2 Å². The Morgan fingerprint density at radius 1 is 1.14 bits per heavy atom. The van der Waals surface area contributed by atoms with Gasteiger partial charge in [0.25, 0.3) is 11.5 Å². The lowest BCUT2D eigenvalue weighted by molar-refractivity contribution is 0.0600. The van der Waals surface area contributed by atoms with Crippen molar-refractivity contribution in [1.82, 2.24) is 9.78 Å². The van der Waals surface area contributed by atoms with Crippen LogP contribution < -0.4 is 16.0 Å². The molecule has 0 saturated carbocycles. The van der Waals surface area contributed by atoms with E-state index in [1.807, 2.05) is 0 Å². The lowest BCUT2D eigenvalue weighted by Crippen LogP contribution is -2.34. The van der Waals surface area contributed by atoms with E-state index in [0.717, 1.165) is 4.68 Å². The van der Waals surface area contributed by atoms with Gasteiger partial charge in [-0.05, 0) is 30.3 Å². The summed E-state index contributed by atoms with van der Waals surface area (Å²) in [5, 5.41) is 14.9. The minimum atomic E-state index is -1.08. The van der Waals surface area contributed by atoms with Gasteiger partial charge in [-0.25, -0.2) is 9.48 Å². The van der Waals surface area contributed by atoms with Gasteiger partial charge in [-0.15, -0.1) is 0 Å². The van der Waals surface area contributed by atoms with Crippen LogP contribution in [-0.4, -0.2) is 46.6 Å². The molecule has 1 amide bonds. The molecule has 3 rings (SSSR count). The summed E-state index contributed by atoms with van der Waals surface area (Å²) >= 11 is 0. The van der Waals surface area contributed by atoms with Crippen molar-refractivity contribution in [1.29, 1.82) is 0 Å². The fraction of sp³-hybridized carbons (Fsp3) is 0.200. The van der Waals surface area contributed by atoms with Crippen molar-refractivity contribution in [2.75, 3.05) is 13.7 Å². The van der Waals surface area contributed by atoms with Crippen LogP contribution in [0.15, 0.2) is 53.3 Å². The molecular formula is C20H19N3O6. The molecule has 0 spiro atoms. The smallest absolute Gasteiger partial charge is 0.337 e. The number of hydrogen-bond donors (Lipinski definition) is 2. The third kappa shape index (κ3) is 4.41. The Morgan fingerprint density at radius 2 is 1.79 bits per heavy atom. The summed E-state index contributed by atoms with van der Waals surface area (Å²) < 4.78 is 11.1. The molecule has 1 aromatic heterocycles. The molecule has 0 aliphatic carbocycles. The molecule has 0 radical (unpaired) electrons. The molecule has 0 bridgehead atoms. The Kier molecular flexibility index (Phi) is 5.89. The Hall–Kier alpha value is -3.72. The molecule has 0 fully saturated rings. The Labute approximate surface area is 165 Å². The maximum atomic E-state index is 12.6. The number of amides is 1. The second kappa shape index (κ2) is 8.53. The van der Waals surface area contributed by atoms with Crippen molar-refractivity contribution >= 4 is 22.6 Å². The first-order chi connectivity index (χ1) is 13.9. The molecule has 3 N–H and O–H groups in total. The molecule has 0 unspecified atom stereocenters. The van der Waals surface area contributed by atoms with E-state index < -0.39 is 23.5 Å². The number of rotatable bonds is 7. The number of fused-ring (bicyclic) bond motifs is 1. The van der Waals surface area contributed by atoms with Crippen molar-refractivity contribution in [2.45, 2.75) is 12.6 Å². The van der Waals surface area contributed by atoms with Gasteiger partial charge in [0, 0.05) is 5.39 Å². The molecule has 9 heteroatoms. The van der Waals surface area contributed by atoms with Gasteiger partial charge in [0.05, 0.1) is 24.6 Å². The number of esters is 1. The van der Waals surface area contributed by atoms with E-state index in [1.54, 1.807) is 36.4 Å². The van der Waals surface area contributed by atoms with Crippen molar-refractivity contribution in [2.24, 2.45) is 5.73 Å². The minimum Gasteiger partial charge on any atom is -0.491 e. The van der Waals surface area contributed by atoms with Crippen molar-refractivity contribution < 1.29 is 24.2 Å². The van der Waals surface area contributed by atoms with Crippen LogP contribution in [0.2, 0.25) is 0 Å². The van der Waals surface area contributed by atoms with Gasteiger partial charge in [0.2, 0.25) is 0 Å². The number of carbonyl (C=O) groups excluding carboxylic acids is 2. The number of aromatic nitrogens is 2. The molecule has 3 aromatic rings. The van der Waals surface area contributed by atoms with Crippen molar-refractivity contribution in [3.63, 3.8) is 0 Å². The summed E-state index contributed by atoms with van der Waals surface area (Å²) in [5.41, 5.74) is 5.24. The van der Waals surface area contributed by atoms with Crippen LogP contribution in [0.4, 0.5) is 0 Å². The highest BCUT2D eigenvalue weighted by atomic mass is 16.5. The predicted molar refractivity (Wildman–Crippen MR) is 104 cm³/mol. The number of primary amides is 1. The van der Waals surface area contributed by atoms with Crippen LogP contribution >= 0.6 is 0 Å². The lowest BCUT2D eigenvalue weighted by atomic mass is 10.1. The number of methoxy groups -OCH3 is 1. The predicted octanol–water partition coefficient (Wildman–Crippen LogP) is 0.722. The minimum absolute atomic E-state index is 0.0493. The molecule has 0 saturated heterocycles. The number of aliphatic hydroxyl groups excluding tert-OH is 1. The maximum Gasteiger partial charge on any atom is 0.337 e. The third-order valence-corrected chi connectivity index (χ3v) is 4.20. The first-order valence-corrected chi connectivity index (χ1v) is 8.69. The van der Waals surface area contributed by atoms with Crippen LogP contribution in [0.5, 0.6) is 5.75 Å². The quantitative estimate of drug-likeness (QED) is 0.561. The molecule has 1 atom stereocenters. The number of carbonyl (C=O) groups is 2. The normalized spacial score (nSPS) is 11.8. The summed E-state index contributed by atoms with van der Waals surface area (Å²) in [7, 11) is 1.29. The summed E-state index contributed by atoms with van der Waals surface area (Å²) in [5.74, 6) is -0.816. The second-order valence-electron chi connectivity index (χ2n) is 6.23. The van der Waals surface area contributed by atoms with E-state index in [4.69, 9.17) is 10.5 Å². The zero-order chi connectivity index (χ0) is 21.0. The highest BCUT2D eigenvalue weighted by Gasteiger charge is 2.16. The van der Waals surface area contributed by atoms with Gasteiger partial charge in [0.15, 0.2) is 5.69 Å². The number of aliphatic hydroxyl groups is 1. The average molecular weight is 397 g/mol. The van der Waals surface area contributed by atoms with Crippen LogP contribution in [0.25, 0.3) is 10.8 Å². The first-order valence-electron chi connectivity index (χ1n) is 8.69. The SMILES string of the molecule is COC(=O)c1ccc(OC[C@H](O)Cn2nc(C(N)=O)c3ccccc3c2=O)cc1. The summed E-state index contributed by atoms with van der Waals surface area (Å²) in [6.07, 6.45) is -1.08. The Morgan fingerprint density at radius 3 is 2.41 bits per heavy atom. The number of hydrogen-bond acceptors (Lipinski definition) is 7. The van der Waals surface area contributed by atoms with Gasteiger partial charge >= 0.3 is 5.97 Å². The second-order valence-corrected chi connectivity index (χ2v) is 6.23. The Bertz CT molecular complexity index is 1110. The molecular weight excluding hydrogens is 378 g/mol. The van der Waals surface area contributed by atoms with E-state index in [9.17, 15) is 19.5 Å². The third-order valence-electron chi connectivity index (χ3n) is 4.20. The molecule has 2 aromatic carbocycles. The zero-order valence-electron chi connectivity index (χ0n) is 15.6. The number of nitrogens with zero attached hydrogens (tertiary/aromatic N) is 2. The Balaban J connectivity index is 1.74. The van der Waals surface area contributed by atoms with Gasteiger partial charge < -0.3 is 20.3 Å². The summed E-state index contributed by atoms with van der Waals surface area (Å²) in [6.45, 7) is -0.325. The van der Waals surface area contributed by atoms with Gasteiger partial charge in [0.1, 0.15) is 18.5 Å². The summed E-state index contributed by atoms with van der Waals surface area (Å²) in [6, 6.07) is 12.7. The monoisotopic (exact) mass is 397 g/mol. The summed E-state index contributed by atoms with van der Waals surface area (Å²) in [4.78, 5) is 35.7.